The Morgan fingerprint density at radius 1 is 1.53 bits per heavy atom. The Morgan fingerprint density at radius 3 is 2.58 bits per heavy atom. The van der Waals surface area contributed by atoms with Gasteiger partial charge in [-0.05, 0) is 27.2 Å². The molecule has 0 aliphatic carbocycles. The van der Waals surface area contributed by atoms with E-state index in [0.29, 0.717) is 13.0 Å². The van der Waals surface area contributed by atoms with Crippen molar-refractivity contribution in [3.05, 3.63) is 17.0 Å². The number of nitrogens with zero attached hydrogens (tertiary/aromatic N) is 1. The Labute approximate surface area is 114 Å². The zero-order valence-electron chi connectivity index (χ0n) is 12.5. The minimum Gasteiger partial charge on any atom is -0.393 e. The van der Waals surface area contributed by atoms with Crippen LogP contribution in [0, 0.1) is 19.3 Å². The normalized spacial score (nSPS) is 15.9. The lowest BCUT2D eigenvalue weighted by molar-refractivity contribution is -0.121. The van der Waals surface area contributed by atoms with Crippen LogP contribution in [0.3, 0.4) is 0 Å². The summed E-state index contributed by atoms with van der Waals surface area (Å²) >= 11 is 0. The van der Waals surface area contributed by atoms with Gasteiger partial charge in [-0.25, -0.2) is 0 Å². The van der Waals surface area contributed by atoms with Gasteiger partial charge < -0.3 is 10.4 Å². The highest BCUT2D eigenvalue weighted by Crippen LogP contribution is 2.24. The van der Waals surface area contributed by atoms with Crippen LogP contribution in [0.4, 0.5) is 0 Å². The van der Waals surface area contributed by atoms with E-state index in [1.54, 1.807) is 6.92 Å². The van der Waals surface area contributed by atoms with E-state index in [2.05, 4.69) is 15.5 Å². The number of carbonyl (C=O) groups is 1. The molecule has 0 bridgehead atoms. The topological polar surface area (TPSA) is 78.0 Å². The minimum absolute atomic E-state index is 0.0343. The van der Waals surface area contributed by atoms with Crippen molar-refractivity contribution in [2.24, 2.45) is 5.41 Å². The van der Waals surface area contributed by atoms with Gasteiger partial charge >= 0.3 is 0 Å². The SMILES string of the molecule is CC[C@](C)(CNC(=O)Cc1c(C)n[nH]c1C)[C@H](C)O. The number of H-pyrrole nitrogens is 1. The highest BCUT2D eigenvalue weighted by atomic mass is 16.3. The predicted octanol–water partition coefficient (Wildman–Crippen LogP) is 1.48. The predicted molar refractivity (Wildman–Crippen MR) is 74.9 cm³/mol. The summed E-state index contributed by atoms with van der Waals surface area (Å²) in [5, 5.41) is 19.6. The van der Waals surface area contributed by atoms with Crippen molar-refractivity contribution in [2.75, 3.05) is 6.54 Å². The third-order valence-electron chi connectivity index (χ3n) is 4.12. The van der Waals surface area contributed by atoms with Crippen molar-refractivity contribution in [1.82, 2.24) is 15.5 Å². The van der Waals surface area contributed by atoms with Crippen LogP contribution in [0.2, 0.25) is 0 Å². The number of nitrogens with one attached hydrogen (secondary N) is 2. The van der Waals surface area contributed by atoms with Gasteiger partial charge in [0.05, 0.1) is 18.2 Å². The third kappa shape index (κ3) is 3.80. The first-order valence-corrected chi connectivity index (χ1v) is 6.75. The first-order chi connectivity index (χ1) is 8.80. The number of aromatic nitrogens is 2. The molecule has 0 unspecified atom stereocenters. The van der Waals surface area contributed by atoms with E-state index in [1.807, 2.05) is 27.7 Å². The second-order valence-corrected chi connectivity index (χ2v) is 5.55. The van der Waals surface area contributed by atoms with Gasteiger partial charge in [0.2, 0.25) is 5.91 Å². The highest BCUT2D eigenvalue weighted by Gasteiger charge is 2.28. The van der Waals surface area contributed by atoms with Crippen LogP contribution in [-0.2, 0) is 11.2 Å². The number of hydrogen-bond donors (Lipinski definition) is 3. The molecule has 19 heavy (non-hydrogen) atoms. The average molecular weight is 267 g/mol. The van der Waals surface area contributed by atoms with Gasteiger partial charge in [-0.15, -0.1) is 0 Å². The fourth-order valence-corrected chi connectivity index (χ4v) is 1.93. The molecule has 1 rings (SSSR count). The third-order valence-corrected chi connectivity index (χ3v) is 4.12. The van der Waals surface area contributed by atoms with Gasteiger partial charge in [0.15, 0.2) is 0 Å². The van der Waals surface area contributed by atoms with Crippen LogP contribution in [0.5, 0.6) is 0 Å². The fourth-order valence-electron chi connectivity index (χ4n) is 1.93. The van der Waals surface area contributed by atoms with E-state index in [1.165, 1.54) is 0 Å². The molecule has 0 spiro atoms. The Kier molecular flexibility index (Phi) is 5.11. The number of aliphatic hydroxyl groups excluding tert-OH is 1. The number of rotatable bonds is 6. The number of hydrogen-bond acceptors (Lipinski definition) is 3. The van der Waals surface area contributed by atoms with Crippen molar-refractivity contribution in [3.63, 3.8) is 0 Å². The molecule has 1 aromatic heterocycles. The maximum Gasteiger partial charge on any atom is 0.224 e. The van der Waals surface area contributed by atoms with Crippen LogP contribution >= 0.6 is 0 Å². The summed E-state index contributed by atoms with van der Waals surface area (Å²) in [5.41, 5.74) is 2.46. The average Bonchev–Trinajstić information content (AvgIpc) is 2.67. The van der Waals surface area contributed by atoms with Gasteiger partial charge in [-0.3, -0.25) is 9.89 Å². The number of carbonyl (C=O) groups excluding carboxylic acids is 1. The molecule has 3 N–H and O–H groups in total. The summed E-state index contributed by atoms with van der Waals surface area (Å²) in [7, 11) is 0. The lowest BCUT2D eigenvalue weighted by Crippen LogP contribution is -2.42. The highest BCUT2D eigenvalue weighted by molar-refractivity contribution is 5.79. The molecule has 0 aliphatic heterocycles. The largest absolute Gasteiger partial charge is 0.393 e. The summed E-state index contributed by atoms with van der Waals surface area (Å²) < 4.78 is 0. The quantitative estimate of drug-likeness (QED) is 0.730. The number of amides is 1. The molecule has 0 saturated carbocycles. The number of aryl methyl sites for hydroxylation is 2. The Hall–Kier alpha value is -1.36. The summed E-state index contributed by atoms with van der Waals surface area (Å²) in [6.45, 7) is 10.0. The molecule has 0 radical (unpaired) electrons. The molecule has 0 aliphatic rings. The first-order valence-electron chi connectivity index (χ1n) is 6.75. The zero-order valence-corrected chi connectivity index (χ0v) is 12.5. The van der Waals surface area contributed by atoms with Crippen LogP contribution in [0.1, 0.15) is 44.1 Å². The smallest absolute Gasteiger partial charge is 0.224 e. The van der Waals surface area contributed by atoms with E-state index in [0.717, 1.165) is 23.4 Å². The van der Waals surface area contributed by atoms with Crippen molar-refractivity contribution in [2.45, 2.75) is 53.6 Å². The summed E-state index contributed by atoms with van der Waals surface area (Å²) in [6, 6.07) is 0. The van der Waals surface area contributed by atoms with Crippen molar-refractivity contribution in [1.29, 1.82) is 0 Å². The fraction of sp³-hybridized carbons (Fsp3) is 0.714. The maximum absolute atomic E-state index is 12.0. The molecule has 0 fully saturated rings. The maximum atomic E-state index is 12.0. The number of aromatic amines is 1. The molecule has 2 atom stereocenters. The summed E-state index contributed by atoms with van der Waals surface area (Å²) in [6.07, 6.45) is 0.692. The lowest BCUT2D eigenvalue weighted by Gasteiger charge is -2.31. The van der Waals surface area contributed by atoms with E-state index >= 15 is 0 Å². The molecule has 0 aromatic carbocycles. The molecule has 5 heteroatoms. The Morgan fingerprint density at radius 2 is 2.16 bits per heavy atom. The van der Waals surface area contributed by atoms with Crippen molar-refractivity contribution >= 4 is 5.91 Å². The van der Waals surface area contributed by atoms with Gasteiger partial charge in [0.25, 0.3) is 0 Å². The van der Waals surface area contributed by atoms with Crippen LogP contribution in [-0.4, -0.2) is 33.9 Å². The monoisotopic (exact) mass is 267 g/mol. The standard InChI is InChI=1S/C14H25N3O2/c1-6-14(5,11(4)18)8-15-13(19)7-12-9(2)16-17-10(12)3/h11,18H,6-8H2,1-5H3,(H,15,19)(H,16,17)/t11-,14+/m0/s1. The minimum atomic E-state index is -0.449. The molecule has 1 heterocycles. The Balaban J connectivity index is 2.58. The van der Waals surface area contributed by atoms with E-state index < -0.39 is 6.10 Å². The van der Waals surface area contributed by atoms with Gasteiger partial charge in [0.1, 0.15) is 0 Å². The molecule has 108 valence electrons. The van der Waals surface area contributed by atoms with E-state index in [-0.39, 0.29) is 11.3 Å². The number of aliphatic hydroxyl groups is 1. The summed E-state index contributed by atoms with van der Waals surface area (Å²) in [4.78, 5) is 12.0. The van der Waals surface area contributed by atoms with Crippen LogP contribution in [0.15, 0.2) is 0 Å². The zero-order chi connectivity index (χ0) is 14.6. The van der Waals surface area contributed by atoms with Crippen molar-refractivity contribution < 1.29 is 9.90 Å². The molecular formula is C14H25N3O2. The second kappa shape index (κ2) is 6.19. The van der Waals surface area contributed by atoms with E-state index in [4.69, 9.17) is 0 Å². The molecule has 0 saturated heterocycles. The first kappa shape index (κ1) is 15.7. The molecule has 1 amide bonds. The van der Waals surface area contributed by atoms with Crippen LogP contribution < -0.4 is 5.32 Å². The van der Waals surface area contributed by atoms with Gasteiger partial charge in [-0.1, -0.05) is 13.8 Å². The van der Waals surface area contributed by atoms with Gasteiger partial charge in [-0.2, -0.15) is 5.10 Å². The molecular weight excluding hydrogens is 242 g/mol. The molecule has 1 aromatic rings. The summed E-state index contributed by atoms with van der Waals surface area (Å²) in [5.74, 6) is -0.0343. The van der Waals surface area contributed by atoms with Crippen molar-refractivity contribution in [3.8, 4) is 0 Å². The van der Waals surface area contributed by atoms with E-state index in [9.17, 15) is 9.90 Å². The Bertz CT molecular complexity index is 420. The second-order valence-electron chi connectivity index (χ2n) is 5.55. The molecule has 5 nitrogen and oxygen atoms in total. The van der Waals surface area contributed by atoms with Gasteiger partial charge in [0, 0.05) is 23.2 Å². The van der Waals surface area contributed by atoms with Crippen LogP contribution in [0.25, 0.3) is 0 Å². The lowest BCUT2D eigenvalue weighted by atomic mass is 9.82.